The molecule has 1 radical (unpaired) electrons. The highest BCUT2D eigenvalue weighted by Crippen LogP contribution is 2.38. The Morgan fingerprint density at radius 1 is 0.375 bits per heavy atom. The quantitative estimate of drug-likeness (QED) is 0.123. The number of para-hydroxylation sites is 4. The average Bonchev–Trinajstić information content (AvgIpc) is 3.12. The van der Waals surface area contributed by atoms with E-state index in [-0.39, 0.29) is 0 Å². The largest absolute Gasteiger partial charge is 0.355 e. The third kappa shape index (κ3) is 7.15. The standard InChI is InChI=1S/C44H38N4/c1-31-27-43(47-37-19-11-5-12-20-37)39(29-41(31)45-35-15-7-3-8-16-35)33-23-25-34(26-24-33)40-30-42(46-36-17-9-4-10-18-36)32(2)28-44(40)48-38-21-13-6-14-22-38/h3-30,45-48H,1-2H3/q+1. The maximum atomic E-state index is 3.68. The van der Waals surface area contributed by atoms with E-state index in [1.165, 1.54) is 0 Å². The van der Waals surface area contributed by atoms with Crippen molar-refractivity contribution in [3.05, 3.63) is 181 Å². The summed E-state index contributed by atoms with van der Waals surface area (Å²) in [5.74, 6) is 0. The summed E-state index contributed by atoms with van der Waals surface area (Å²) < 4.78 is 0. The van der Waals surface area contributed by atoms with Gasteiger partial charge in [0.1, 0.15) is 0 Å². The molecule has 0 fully saturated rings. The molecule has 0 bridgehead atoms. The normalized spacial score (nSPS) is 10.8. The summed E-state index contributed by atoms with van der Waals surface area (Å²) in [7, 11) is 0. The molecule has 4 heteroatoms. The van der Waals surface area contributed by atoms with Crippen molar-refractivity contribution >= 4 is 45.5 Å². The van der Waals surface area contributed by atoms with Crippen molar-refractivity contribution in [3.8, 4) is 22.3 Å². The average molecular weight is 623 g/mol. The maximum Gasteiger partial charge on any atom is 0.192 e. The lowest BCUT2D eigenvalue weighted by Crippen LogP contribution is -2.71. The van der Waals surface area contributed by atoms with E-state index in [0.717, 1.165) is 78.9 Å². The van der Waals surface area contributed by atoms with E-state index in [1.54, 1.807) is 0 Å². The first-order valence-corrected chi connectivity index (χ1v) is 16.3. The molecule has 7 aromatic rings. The van der Waals surface area contributed by atoms with Crippen molar-refractivity contribution in [2.75, 3.05) is 16.0 Å². The Labute approximate surface area is 283 Å². The van der Waals surface area contributed by atoms with Gasteiger partial charge in [-0.3, -0.25) is 0 Å². The van der Waals surface area contributed by atoms with Crippen LogP contribution in [0.4, 0.5) is 45.5 Å². The first kappa shape index (κ1) is 30.5. The van der Waals surface area contributed by atoms with Gasteiger partial charge in [0.15, 0.2) is 11.4 Å². The molecule has 0 saturated carbocycles. The number of hydrogen-bond acceptors (Lipinski definition) is 4. The number of rotatable bonds is 10. The fourth-order valence-electron chi connectivity index (χ4n) is 5.91. The number of benzene rings is 7. The Morgan fingerprint density at radius 3 is 1.27 bits per heavy atom. The summed E-state index contributed by atoms with van der Waals surface area (Å²) in [5, 5.41) is 14.6. The second kappa shape index (κ2) is 14.1. The summed E-state index contributed by atoms with van der Waals surface area (Å²) in [6.07, 6.45) is 0. The van der Waals surface area contributed by atoms with Crippen LogP contribution in [0.1, 0.15) is 11.1 Å². The molecule has 0 aliphatic heterocycles. The van der Waals surface area contributed by atoms with Gasteiger partial charge in [0, 0.05) is 57.9 Å². The fourth-order valence-corrected chi connectivity index (χ4v) is 5.91. The van der Waals surface area contributed by atoms with E-state index in [0.29, 0.717) is 0 Å². The summed E-state index contributed by atoms with van der Waals surface area (Å²) in [5.41, 5.74) is 15.3. The van der Waals surface area contributed by atoms with Crippen LogP contribution in [0.25, 0.3) is 22.3 Å². The van der Waals surface area contributed by atoms with Crippen molar-refractivity contribution < 1.29 is 5.32 Å². The molecule has 233 valence electrons. The van der Waals surface area contributed by atoms with Gasteiger partial charge in [0.25, 0.3) is 0 Å². The monoisotopic (exact) mass is 622 g/mol. The third-order valence-electron chi connectivity index (χ3n) is 8.45. The van der Waals surface area contributed by atoms with Gasteiger partial charge in [0.2, 0.25) is 0 Å². The Kier molecular flexibility index (Phi) is 8.99. The highest BCUT2D eigenvalue weighted by atomic mass is 14.9. The number of anilines is 8. The van der Waals surface area contributed by atoms with E-state index < -0.39 is 0 Å². The van der Waals surface area contributed by atoms with Gasteiger partial charge in [-0.15, -0.1) is 5.32 Å². The van der Waals surface area contributed by atoms with Gasteiger partial charge in [-0.05, 0) is 90.7 Å². The smallest absolute Gasteiger partial charge is 0.192 e. The van der Waals surface area contributed by atoms with Crippen LogP contribution in [-0.2, 0) is 0 Å². The molecule has 0 unspecified atom stereocenters. The minimum absolute atomic E-state index is 1.05. The van der Waals surface area contributed by atoms with Crippen LogP contribution < -0.4 is 21.3 Å². The molecule has 7 aromatic carbocycles. The van der Waals surface area contributed by atoms with Crippen molar-refractivity contribution in [1.82, 2.24) is 0 Å². The molecule has 48 heavy (non-hydrogen) atoms. The maximum absolute atomic E-state index is 3.68. The van der Waals surface area contributed by atoms with Gasteiger partial charge >= 0.3 is 0 Å². The Morgan fingerprint density at radius 2 is 0.771 bits per heavy atom. The zero-order chi connectivity index (χ0) is 32.7. The molecule has 0 aromatic heterocycles. The minimum Gasteiger partial charge on any atom is -0.355 e. The third-order valence-corrected chi connectivity index (χ3v) is 8.45. The molecule has 0 atom stereocenters. The van der Waals surface area contributed by atoms with Crippen LogP contribution in [0, 0.1) is 13.8 Å². The number of aryl methyl sites for hydroxylation is 2. The summed E-state index contributed by atoms with van der Waals surface area (Å²) in [6.45, 7) is 4.29. The van der Waals surface area contributed by atoms with Gasteiger partial charge in [-0.25, -0.2) is 0 Å². The zero-order valence-corrected chi connectivity index (χ0v) is 27.2. The highest BCUT2D eigenvalue weighted by molar-refractivity contribution is 5.88. The molecule has 0 saturated heterocycles. The van der Waals surface area contributed by atoms with Gasteiger partial charge in [-0.2, -0.15) is 0 Å². The van der Waals surface area contributed by atoms with Crippen molar-refractivity contribution in [2.45, 2.75) is 13.8 Å². The number of nitrogens with one attached hydrogen (secondary N) is 4. The molecule has 0 aliphatic rings. The lowest BCUT2D eigenvalue weighted by atomic mass is 9.95. The first-order chi connectivity index (χ1) is 23.6. The van der Waals surface area contributed by atoms with Crippen molar-refractivity contribution in [1.29, 1.82) is 0 Å². The molecule has 0 aliphatic carbocycles. The van der Waals surface area contributed by atoms with Crippen LogP contribution in [0.5, 0.6) is 0 Å². The Bertz CT molecular complexity index is 1950. The van der Waals surface area contributed by atoms with Crippen LogP contribution in [0.15, 0.2) is 170 Å². The molecule has 4 N–H and O–H groups in total. The topological polar surface area (TPSA) is 51.7 Å². The van der Waals surface area contributed by atoms with Gasteiger partial charge in [-0.1, -0.05) is 97.1 Å². The van der Waals surface area contributed by atoms with Gasteiger partial charge < -0.3 is 16.0 Å². The second-order valence-electron chi connectivity index (χ2n) is 12.0. The van der Waals surface area contributed by atoms with Crippen LogP contribution in [0.2, 0.25) is 0 Å². The van der Waals surface area contributed by atoms with Gasteiger partial charge in [0.05, 0.1) is 5.56 Å². The Hall–Kier alpha value is -6.10. The van der Waals surface area contributed by atoms with Crippen LogP contribution in [0.3, 0.4) is 0 Å². The lowest BCUT2D eigenvalue weighted by molar-refractivity contribution is -0.478. The number of hydrogen-bond donors (Lipinski definition) is 4. The lowest BCUT2D eigenvalue weighted by Gasteiger charge is -2.18. The van der Waals surface area contributed by atoms with Crippen molar-refractivity contribution in [3.63, 3.8) is 0 Å². The predicted octanol–water partition coefficient (Wildman–Crippen LogP) is 11.2. The van der Waals surface area contributed by atoms with E-state index in [1.807, 2.05) is 24.3 Å². The van der Waals surface area contributed by atoms with Crippen LogP contribution >= 0.6 is 0 Å². The van der Waals surface area contributed by atoms with E-state index in [4.69, 9.17) is 0 Å². The molecule has 7 rings (SSSR count). The molecule has 0 spiro atoms. The van der Waals surface area contributed by atoms with E-state index in [9.17, 15) is 0 Å². The van der Waals surface area contributed by atoms with E-state index in [2.05, 4.69) is 181 Å². The zero-order valence-electron chi connectivity index (χ0n) is 27.2. The fraction of sp³-hybridized carbons (Fsp3) is 0.0455. The SMILES string of the molecule is Cc1cc(Nc2ccccc2)c(-c2ccc(-c3cc(Nc4ccccc4)c(C)cc3[NH+]c3ccccc3)cc2)cc1Nc1ccccc1. The summed E-state index contributed by atoms with van der Waals surface area (Å²) in [4.78, 5) is 0. The summed E-state index contributed by atoms with van der Waals surface area (Å²) >= 11 is 0. The Balaban J connectivity index is 1.29. The van der Waals surface area contributed by atoms with Crippen LogP contribution in [-0.4, -0.2) is 0 Å². The first-order valence-electron chi connectivity index (χ1n) is 16.3. The predicted molar refractivity (Wildman–Crippen MR) is 203 cm³/mol. The summed E-state index contributed by atoms with van der Waals surface area (Å²) in [6, 6.07) is 59.1. The van der Waals surface area contributed by atoms with Crippen molar-refractivity contribution in [2.24, 2.45) is 0 Å². The second-order valence-corrected chi connectivity index (χ2v) is 12.0. The molecular formula is C44H38N4+. The van der Waals surface area contributed by atoms with E-state index >= 15 is 0 Å². The molecule has 0 amide bonds. The highest BCUT2D eigenvalue weighted by Gasteiger charge is 2.18. The minimum atomic E-state index is 1.05. The molecule has 4 nitrogen and oxygen atoms in total. The molecular weight excluding hydrogens is 585 g/mol. The molecule has 0 heterocycles.